The maximum Gasteiger partial charge on any atom is 0.238 e. The van der Waals surface area contributed by atoms with Crippen LogP contribution >= 0.6 is 0 Å². The van der Waals surface area contributed by atoms with Crippen LogP contribution in [0.15, 0.2) is 30.5 Å². The van der Waals surface area contributed by atoms with Gasteiger partial charge in [-0.05, 0) is 68.2 Å². The number of aromatic nitrogens is 3. The van der Waals surface area contributed by atoms with E-state index in [9.17, 15) is 10.1 Å². The van der Waals surface area contributed by atoms with Gasteiger partial charge in [0.25, 0.3) is 0 Å². The minimum absolute atomic E-state index is 0.0199. The lowest BCUT2D eigenvalue weighted by Gasteiger charge is -2.37. The number of rotatable bonds is 4. The molecule has 0 atom stereocenters. The number of hydrogen-bond donors (Lipinski definition) is 0. The topological polar surface area (TPSA) is 87.3 Å². The number of carbonyl (C=O) groups excluding carboxylic acids is 1. The maximum atomic E-state index is 14.1. The third kappa shape index (κ3) is 3.94. The van der Waals surface area contributed by atoms with Crippen molar-refractivity contribution in [3.05, 3.63) is 47.5 Å². The molecular formula is C27H32N6O2. The highest BCUT2D eigenvalue weighted by atomic mass is 16.5. The number of amides is 1. The molecular weight excluding hydrogens is 440 g/mol. The zero-order valence-corrected chi connectivity index (χ0v) is 21.1. The molecule has 0 saturated carbocycles. The van der Waals surface area contributed by atoms with Crippen molar-refractivity contribution in [1.29, 1.82) is 5.26 Å². The van der Waals surface area contributed by atoms with Crippen molar-refractivity contribution >= 4 is 22.6 Å². The summed E-state index contributed by atoms with van der Waals surface area (Å²) in [6.07, 6.45) is 3.29. The van der Waals surface area contributed by atoms with Crippen molar-refractivity contribution in [3.63, 3.8) is 0 Å². The monoisotopic (exact) mass is 472 g/mol. The number of hydrogen-bond acceptors (Lipinski definition) is 6. The molecule has 8 nitrogen and oxygen atoms in total. The molecule has 8 heteroatoms. The van der Waals surface area contributed by atoms with Crippen LogP contribution in [0.5, 0.6) is 5.75 Å². The van der Waals surface area contributed by atoms with Gasteiger partial charge >= 0.3 is 0 Å². The van der Waals surface area contributed by atoms with Crippen LogP contribution in [0.2, 0.25) is 0 Å². The Balaban J connectivity index is 1.61. The predicted molar refractivity (Wildman–Crippen MR) is 134 cm³/mol. The molecule has 1 fully saturated rings. The van der Waals surface area contributed by atoms with E-state index in [0.29, 0.717) is 13.1 Å². The molecule has 182 valence electrons. The number of fused-ring (bicyclic) bond motifs is 3. The van der Waals surface area contributed by atoms with E-state index in [1.807, 2.05) is 29.2 Å². The highest BCUT2D eigenvalue weighted by Gasteiger charge is 2.52. The largest absolute Gasteiger partial charge is 0.497 e. The molecule has 2 aliphatic rings. The van der Waals surface area contributed by atoms with Crippen molar-refractivity contribution in [2.45, 2.75) is 52.1 Å². The molecule has 0 aliphatic carbocycles. The number of carbonyl (C=O) groups is 1. The minimum atomic E-state index is -0.523. The average molecular weight is 473 g/mol. The van der Waals surface area contributed by atoms with E-state index in [1.54, 1.807) is 13.3 Å². The summed E-state index contributed by atoms with van der Waals surface area (Å²) in [4.78, 5) is 27.1. The molecule has 35 heavy (non-hydrogen) atoms. The van der Waals surface area contributed by atoms with Crippen molar-refractivity contribution in [2.75, 3.05) is 32.1 Å². The molecule has 1 amide bonds. The highest BCUT2D eigenvalue weighted by Crippen LogP contribution is 2.49. The number of anilines is 1. The number of methoxy groups -OCH3 is 1. The standard InChI is InChI=1S/C27H32N6O2/c1-26(2,3)17-33-19(12-18-15-29-23(14-28)30-24(18)33)16-32-22-7-6-20(35-5)13-21(22)27(25(32)34)8-10-31(4)11-9-27/h6-7,12-13,15H,8-11,16-17H2,1-5H3. The lowest BCUT2D eigenvalue weighted by Crippen LogP contribution is -2.47. The Bertz CT molecular complexity index is 1340. The molecule has 0 bridgehead atoms. The first-order chi connectivity index (χ1) is 16.6. The first kappa shape index (κ1) is 23.3. The molecule has 0 radical (unpaired) electrons. The molecule has 1 aromatic carbocycles. The van der Waals surface area contributed by atoms with E-state index in [4.69, 9.17) is 4.74 Å². The number of nitriles is 1. The molecule has 4 heterocycles. The maximum absolute atomic E-state index is 14.1. The van der Waals surface area contributed by atoms with Gasteiger partial charge in [0.05, 0.1) is 19.1 Å². The molecule has 0 unspecified atom stereocenters. The Morgan fingerprint density at radius 1 is 1.20 bits per heavy atom. The van der Waals surface area contributed by atoms with Gasteiger partial charge < -0.3 is 19.1 Å². The van der Waals surface area contributed by atoms with Gasteiger partial charge in [0.15, 0.2) is 0 Å². The van der Waals surface area contributed by atoms with Gasteiger partial charge in [-0.25, -0.2) is 9.97 Å². The van der Waals surface area contributed by atoms with Crippen LogP contribution in [0.4, 0.5) is 5.69 Å². The Labute approximate surface area is 206 Å². The van der Waals surface area contributed by atoms with Crippen molar-refractivity contribution in [3.8, 4) is 11.8 Å². The van der Waals surface area contributed by atoms with Crippen LogP contribution in [0.3, 0.4) is 0 Å². The van der Waals surface area contributed by atoms with Crippen LogP contribution in [0, 0.1) is 16.7 Å². The van der Waals surface area contributed by atoms with Gasteiger partial charge in [-0.1, -0.05) is 20.8 Å². The molecule has 2 aromatic heterocycles. The van der Waals surface area contributed by atoms with Crippen LogP contribution in [0.25, 0.3) is 11.0 Å². The Hall–Kier alpha value is -3.44. The first-order valence-corrected chi connectivity index (χ1v) is 12.1. The highest BCUT2D eigenvalue weighted by molar-refractivity contribution is 6.08. The fourth-order valence-corrected chi connectivity index (χ4v) is 5.48. The third-order valence-electron chi connectivity index (χ3n) is 7.28. The van der Waals surface area contributed by atoms with E-state index in [0.717, 1.165) is 59.7 Å². The second kappa shape index (κ2) is 8.35. The van der Waals surface area contributed by atoms with Crippen molar-refractivity contribution in [2.24, 2.45) is 5.41 Å². The Morgan fingerprint density at radius 2 is 1.94 bits per heavy atom. The molecule has 5 rings (SSSR count). The average Bonchev–Trinajstić information content (AvgIpc) is 3.27. The zero-order chi connectivity index (χ0) is 25.0. The van der Waals surface area contributed by atoms with Gasteiger partial charge in [-0.2, -0.15) is 5.26 Å². The summed E-state index contributed by atoms with van der Waals surface area (Å²) in [7, 11) is 3.77. The smallest absolute Gasteiger partial charge is 0.238 e. The normalized spacial score (nSPS) is 17.7. The fraction of sp³-hybridized carbons (Fsp3) is 0.481. The van der Waals surface area contributed by atoms with E-state index in [1.165, 1.54) is 0 Å². The second-order valence-corrected chi connectivity index (χ2v) is 11.0. The van der Waals surface area contributed by atoms with E-state index in [2.05, 4.69) is 53.3 Å². The van der Waals surface area contributed by atoms with Crippen molar-refractivity contribution in [1.82, 2.24) is 19.4 Å². The minimum Gasteiger partial charge on any atom is -0.497 e. The molecule has 0 N–H and O–H groups in total. The lowest BCUT2D eigenvalue weighted by atomic mass is 9.73. The van der Waals surface area contributed by atoms with Crippen molar-refractivity contribution < 1.29 is 9.53 Å². The number of nitrogens with zero attached hydrogens (tertiary/aromatic N) is 6. The van der Waals surface area contributed by atoms with Gasteiger partial charge in [0.1, 0.15) is 17.5 Å². The third-order valence-corrected chi connectivity index (χ3v) is 7.28. The Kier molecular flexibility index (Phi) is 5.56. The summed E-state index contributed by atoms with van der Waals surface area (Å²) in [5.41, 5.74) is 3.20. The van der Waals surface area contributed by atoms with Crippen LogP contribution in [0.1, 0.15) is 50.7 Å². The van der Waals surface area contributed by atoms with Crippen LogP contribution < -0.4 is 9.64 Å². The van der Waals surface area contributed by atoms with E-state index in [-0.39, 0.29) is 17.1 Å². The molecule has 3 aromatic rings. The number of ether oxygens (including phenoxy) is 1. The summed E-state index contributed by atoms with van der Waals surface area (Å²) >= 11 is 0. The second-order valence-electron chi connectivity index (χ2n) is 11.0. The SMILES string of the molecule is COc1ccc2c(c1)C1(CCN(C)CC1)C(=O)N2Cc1cc2cnc(C#N)nc2n1CC(C)(C)C. The van der Waals surface area contributed by atoms with Gasteiger partial charge in [-0.15, -0.1) is 0 Å². The zero-order valence-electron chi connectivity index (χ0n) is 21.1. The van der Waals surface area contributed by atoms with Gasteiger partial charge in [0.2, 0.25) is 11.7 Å². The quantitative estimate of drug-likeness (QED) is 0.573. The summed E-state index contributed by atoms with van der Waals surface area (Å²) < 4.78 is 7.68. The first-order valence-electron chi connectivity index (χ1n) is 12.1. The molecule has 1 saturated heterocycles. The number of benzene rings is 1. The van der Waals surface area contributed by atoms with Gasteiger partial charge in [0, 0.05) is 29.5 Å². The molecule has 2 aliphatic heterocycles. The fourth-order valence-electron chi connectivity index (χ4n) is 5.48. The summed E-state index contributed by atoms with van der Waals surface area (Å²) in [5.74, 6) is 1.08. The Morgan fingerprint density at radius 3 is 2.60 bits per heavy atom. The molecule has 1 spiro atoms. The number of likely N-dealkylation sites (tertiary alicyclic amines) is 1. The van der Waals surface area contributed by atoms with Crippen LogP contribution in [-0.2, 0) is 23.3 Å². The van der Waals surface area contributed by atoms with E-state index < -0.39 is 5.41 Å². The van der Waals surface area contributed by atoms with Gasteiger partial charge in [-0.3, -0.25) is 4.79 Å². The summed E-state index contributed by atoms with van der Waals surface area (Å²) in [6, 6.07) is 10.1. The van der Waals surface area contributed by atoms with E-state index >= 15 is 0 Å². The summed E-state index contributed by atoms with van der Waals surface area (Å²) in [5, 5.41) is 10.2. The number of piperidine rings is 1. The lowest BCUT2D eigenvalue weighted by molar-refractivity contribution is -0.124. The summed E-state index contributed by atoms with van der Waals surface area (Å²) in [6.45, 7) is 9.42. The van der Waals surface area contributed by atoms with Crippen LogP contribution in [-0.4, -0.2) is 52.6 Å². The predicted octanol–water partition coefficient (Wildman–Crippen LogP) is 3.87.